The topological polar surface area (TPSA) is 38.2 Å². The third kappa shape index (κ3) is 3.32. The zero-order valence-corrected chi connectivity index (χ0v) is 15.1. The zero-order valence-electron chi connectivity index (χ0n) is 14.3. The summed E-state index contributed by atoms with van der Waals surface area (Å²) >= 11 is 6.22. The van der Waals surface area contributed by atoms with E-state index in [0.29, 0.717) is 5.02 Å². The van der Waals surface area contributed by atoms with Gasteiger partial charge in [-0.2, -0.15) is 0 Å². The van der Waals surface area contributed by atoms with Crippen molar-refractivity contribution in [2.45, 2.75) is 26.1 Å². The smallest absolute Gasteiger partial charge is 0.226 e. The Hall–Kier alpha value is -2.17. The first-order valence-electron chi connectivity index (χ1n) is 8.53. The fourth-order valence-electron chi connectivity index (χ4n) is 3.39. The molecular weight excluding hydrogens is 334 g/mol. The average molecular weight is 354 g/mol. The minimum atomic E-state index is 0.161. The number of fused-ring (bicyclic) bond motifs is 1. The minimum absolute atomic E-state index is 0.161. The molecule has 1 aliphatic heterocycles. The molecule has 1 aliphatic rings. The van der Waals surface area contributed by atoms with Crippen LogP contribution in [0.2, 0.25) is 5.02 Å². The first-order valence-corrected chi connectivity index (χ1v) is 8.91. The summed E-state index contributed by atoms with van der Waals surface area (Å²) in [5, 5.41) is 1.66. The van der Waals surface area contributed by atoms with Gasteiger partial charge in [-0.3, -0.25) is 0 Å². The molecule has 0 bridgehead atoms. The van der Waals surface area contributed by atoms with Gasteiger partial charge >= 0.3 is 0 Å². The number of anilines is 1. The van der Waals surface area contributed by atoms with Crippen molar-refractivity contribution < 1.29 is 4.74 Å². The van der Waals surface area contributed by atoms with Crippen LogP contribution in [0.4, 0.5) is 5.95 Å². The Morgan fingerprint density at radius 2 is 1.72 bits per heavy atom. The highest BCUT2D eigenvalue weighted by Crippen LogP contribution is 2.30. The molecule has 1 fully saturated rings. The van der Waals surface area contributed by atoms with Gasteiger partial charge in [-0.15, -0.1) is 0 Å². The summed E-state index contributed by atoms with van der Waals surface area (Å²) in [6.07, 6.45) is 0.321. The number of hydrogen-bond acceptors (Lipinski definition) is 4. The highest BCUT2D eigenvalue weighted by molar-refractivity contribution is 6.31. The molecule has 1 aromatic heterocycles. The number of benzene rings is 2. The van der Waals surface area contributed by atoms with Crippen LogP contribution in [0.25, 0.3) is 22.2 Å². The molecular formula is C20H20ClN3O. The van der Waals surface area contributed by atoms with E-state index in [-0.39, 0.29) is 12.2 Å². The van der Waals surface area contributed by atoms with Crippen molar-refractivity contribution in [3.63, 3.8) is 0 Å². The Bertz CT molecular complexity index is 890. The molecule has 4 rings (SSSR count). The largest absolute Gasteiger partial charge is 0.372 e. The predicted octanol–water partition coefficient (Wildman–Crippen LogP) is 4.56. The molecule has 2 atom stereocenters. The number of nitrogens with zero attached hydrogens (tertiary/aromatic N) is 3. The van der Waals surface area contributed by atoms with Gasteiger partial charge in [-0.1, -0.05) is 41.9 Å². The van der Waals surface area contributed by atoms with Crippen LogP contribution in [0.15, 0.2) is 48.5 Å². The molecule has 2 heterocycles. The van der Waals surface area contributed by atoms with Crippen molar-refractivity contribution in [2.24, 2.45) is 0 Å². The molecule has 5 heteroatoms. The van der Waals surface area contributed by atoms with Crippen molar-refractivity contribution in [3.8, 4) is 11.3 Å². The molecule has 4 nitrogen and oxygen atoms in total. The van der Waals surface area contributed by atoms with E-state index in [2.05, 4.69) is 30.9 Å². The van der Waals surface area contributed by atoms with E-state index >= 15 is 0 Å². The quantitative estimate of drug-likeness (QED) is 0.676. The van der Waals surface area contributed by atoms with Crippen LogP contribution in [0.5, 0.6) is 0 Å². The molecule has 0 amide bonds. The van der Waals surface area contributed by atoms with E-state index in [0.717, 1.165) is 41.2 Å². The van der Waals surface area contributed by atoms with Crippen LogP contribution in [0.1, 0.15) is 13.8 Å². The maximum absolute atomic E-state index is 6.22. The zero-order chi connectivity index (χ0) is 17.4. The summed E-state index contributed by atoms with van der Waals surface area (Å²) in [7, 11) is 0. The summed E-state index contributed by atoms with van der Waals surface area (Å²) in [6, 6.07) is 16.0. The lowest BCUT2D eigenvalue weighted by molar-refractivity contribution is -0.00569. The third-order valence-corrected chi connectivity index (χ3v) is 4.63. The lowest BCUT2D eigenvalue weighted by Crippen LogP contribution is -2.46. The molecule has 0 spiro atoms. The minimum Gasteiger partial charge on any atom is -0.372 e. The van der Waals surface area contributed by atoms with Gasteiger partial charge in [-0.25, -0.2) is 9.97 Å². The van der Waals surface area contributed by atoms with Crippen LogP contribution in [0.3, 0.4) is 0 Å². The SMILES string of the molecule is C[C@H]1CN(c2nc(-c3ccccc3)c3cc(Cl)ccc3n2)C[C@H](C)O1. The molecule has 1 saturated heterocycles. The fourth-order valence-corrected chi connectivity index (χ4v) is 3.56. The number of halogens is 1. The Kier molecular flexibility index (Phi) is 4.32. The second kappa shape index (κ2) is 6.62. The van der Waals surface area contributed by atoms with Gasteiger partial charge in [0, 0.05) is 29.1 Å². The maximum Gasteiger partial charge on any atom is 0.226 e. The standard InChI is InChI=1S/C20H20ClN3O/c1-13-11-24(12-14(2)25-13)20-22-18-9-8-16(21)10-17(18)19(23-20)15-6-4-3-5-7-15/h3-10,13-14H,11-12H2,1-2H3/t13-,14-/m0/s1. The highest BCUT2D eigenvalue weighted by Gasteiger charge is 2.25. The van der Waals surface area contributed by atoms with Crippen LogP contribution in [-0.4, -0.2) is 35.3 Å². The third-order valence-electron chi connectivity index (χ3n) is 4.40. The van der Waals surface area contributed by atoms with Crippen LogP contribution in [0, 0.1) is 0 Å². The number of rotatable bonds is 2. The molecule has 2 aromatic carbocycles. The summed E-state index contributed by atoms with van der Waals surface area (Å²) in [5.41, 5.74) is 2.88. The van der Waals surface area contributed by atoms with E-state index in [1.807, 2.05) is 36.4 Å². The first kappa shape index (κ1) is 16.3. The molecule has 25 heavy (non-hydrogen) atoms. The van der Waals surface area contributed by atoms with Crippen molar-refractivity contribution in [2.75, 3.05) is 18.0 Å². The van der Waals surface area contributed by atoms with Gasteiger partial charge in [-0.05, 0) is 32.0 Å². The van der Waals surface area contributed by atoms with Gasteiger partial charge in [0.25, 0.3) is 0 Å². The average Bonchev–Trinajstić information content (AvgIpc) is 2.61. The molecule has 0 aliphatic carbocycles. The van der Waals surface area contributed by atoms with Crippen molar-refractivity contribution in [1.82, 2.24) is 9.97 Å². The Morgan fingerprint density at radius 3 is 2.44 bits per heavy atom. The van der Waals surface area contributed by atoms with E-state index in [1.165, 1.54) is 0 Å². The summed E-state index contributed by atoms with van der Waals surface area (Å²) in [5.74, 6) is 0.746. The monoisotopic (exact) mass is 353 g/mol. The normalized spacial score (nSPS) is 20.8. The Labute approximate surface area is 152 Å². The second-order valence-corrected chi connectivity index (χ2v) is 7.00. The van der Waals surface area contributed by atoms with Crippen LogP contribution in [-0.2, 0) is 4.74 Å². The van der Waals surface area contributed by atoms with E-state index < -0.39 is 0 Å². The molecule has 3 aromatic rings. The first-order chi connectivity index (χ1) is 12.1. The molecule has 0 unspecified atom stereocenters. The van der Waals surface area contributed by atoms with Crippen molar-refractivity contribution in [1.29, 1.82) is 0 Å². The van der Waals surface area contributed by atoms with E-state index in [4.69, 9.17) is 26.3 Å². The van der Waals surface area contributed by atoms with Gasteiger partial charge in [0.2, 0.25) is 5.95 Å². The number of hydrogen-bond donors (Lipinski definition) is 0. The van der Waals surface area contributed by atoms with Crippen LogP contribution >= 0.6 is 11.6 Å². The van der Waals surface area contributed by atoms with Gasteiger partial charge in [0.1, 0.15) is 0 Å². The fraction of sp³-hybridized carbons (Fsp3) is 0.300. The predicted molar refractivity (Wildman–Crippen MR) is 102 cm³/mol. The Morgan fingerprint density at radius 1 is 1.00 bits per heavy atom. The molecule has 0 N–H and O–H groups in total. The van der Waals surface area contributed by atoms with Crippen LogP contribution < -0.4 is 4.90 Å². The van der Waals surface area contributed by atoms with Crippen molar-refractivity contribution >= 4 is 28.5 Å². The highest BCUT2D eigenvalue weighted by atomic mass is 35.5. The van der Waals surface area contributed by atoms with Gasteiger partial charge in [0.05, 0.1) is 23.4 Å². The lowest BCUT2D eigenvalue weighted by Gasteiger charge is -2.35. The lowest BCUT2D eigenvalue weighted by atomic mass is 10.1. The number of morpholine rings is 1. The van der Waals surface area contributed by atoms with E-state index in [1.54, 1.807) is 0 Å². The maximum atomic E-state index is 6.22. The molecule has 128 valence electrons. The summed E-state index contributed by atoms with van der Waals surface area (Å²) in [6.45, 7) is 5.75. The molecule has 0 radical (unpaired) electrons. The van der Waals surface area contributed by atoms with Crippen molar-refractivity contribution in [3.05, 3.63) is 53.6 Å². The molecule has 0 saturated carbocycles. The summed E-state index contributed by atoms with van der Waals surface area (Å²) in [4.78, 5) is 11.9. The van der Waals surface area contributed by atoms with Gasteiger partial charge in [0.15, 0.2) is 0 Å². The second-order valence-electron chi connectivity index (χ2n) is 6.56. The summed E-state index contributed by atoms with van der Waals surface area (Å²) < 4.78 is 5.84. The van der Waals surface area contributed by atoms with E-state index in [9.17, 15) is 0 Å². The van der Waals surface area contributed by atoms with Gasteiger partial charge < -0.3 is 9.64 Å². The number of aromatic nitrogens is 2. The number of ether oxygens (including phenoxy) is 1. The Balaban J connectivity index is 1.88.